The monoisotopic (exact) mass is 243 g/mol. The third-order valence-corrected chi connectivity index (χ3v) is 2.60. The minimum Gasteiger partial charge on any atom is -0.321 e. The molecule has 2 rings (SSSR count). The van der Waals surface area contributed by atoms with Gasteiger partial charge < -0.3 is 5.32 Å². The van der Waals surface area contributed by atoms with Crippen molar-refractivity contribution in [3.05, 3.63) is 47.8 Å². The Hall–Kier alpha value is -2.10. The average molecular weight is 243 g/mol. The summed E-state index contributed by atoms with van der Waals surface area (Å²) < 4.78 is 0. The molecule has 0 aliphatic carbocycles. The first-order chi connectivity index (χ1) is 8.65. The van der Waals surface area contributed by atoms with Gasteiger partial charge in [0, 0.05) is 11.9 Å². The van der Waals surface area contributed by atoms with E-state index in [1.165, 1.54) is 5.56 Å². The van der Waals surface area contributed by atoms with E-state index in [0.717, 1.165) is 12.1 Å². The molecule has 0 fully saturated rings. The molecule has 0 unspecified atom stereocenters. The first-order valence-electron chi connectivity index (χ1n) is 6.05. The van der Waals surface area contributed by atoms with Crippen molar-refractivity contribution in [2.45, 2.75) is 20.3 Å². The molecule has 0 saturated carbocycles. The fraction of sp³-hybridized carbons (Fsp3) is 0.286. The summed E-state index contributed by atoms with van der Waals surface area (Å²) in [5.74, 6) is 0.458. The maximum atomic E-state index is 11.8. The lowest BCUT2D eigenvalue weighted by molar-refractivity contribution is 0.102. The van der Waals surface area contributed by atoms with Crippen LogP contribution in [0.2, 0.25) is 0 Å². The van der Waals surface area contributed by atoms with Crippen LogP contribution in [0.25, 0.3) is 0 Å². The molecule has 0 aliphatic heterocycles. The largest absolute Gasteiger partial charge is 0.321 e. The third-order valence-electron chi connectivity index (χ3n) is 2.60. The maximum absolute atomic E-state index is 11.8. The van der Waals surface area contributed by atoms with Crippen molar-refractivity contribution >= 4 is 11.6 Å². The molecule has 1 aromatic heterocycles. The number of nitrogens with one attached hydrogen (secondary N) is 2. The molecular weight excluding hydrogens is 226 g/mol. The number of H-pyrrole nitrogens is 1. The third kappa shape index (κ3) is 3.20. The van der Waals surface area contributed by atoms with Crippen molar-refractivity contribution in [1.82, 2.24) is 10.2 Å². The summed E-state index contributed by atoms with van der Waals surface area (Å²) in [5.41, 5.74) is 2.54. The minimum absolute atomic E-state index is 0.177. The van der Waals surface area contributed by atoms with Gasteiger partial charge in [-0.3, -0.25) is 9.89 Å². The lowest BCUT2D eigenvalue weighted by Crippen LogP contribution is -2.12. The molecule has 2 aromatic rings. The number of benzene rings is 1. The van der Waals surface area contributed by atoms with E-state index in [1.54, 1.807) is 12.3 Å². The highest BCUT2D eigenvalue weighted by atomic mass is 16.1. The molecule has 0 bridgehead atoms. The number of anilines is 1. The van der Waals surface area contributed by atoms with E-state index in [0.29, 0.717) is 11.6 Å². The number of hydrogen-bond donors (Lipinski definition) is 2. The molecule has 4 heteroatoms. The number of carbonyl (C=O) groups is 1. The fourth-order valence-corrected chi connectivity index (χ4v) is 1.78. The van der Waals surface area contributed by atoms with Crippen molar-refractivity contribution in [2.24, 2.45) is 5.92 Å². The lowest BCUT2D eigenvalue weighted by atomic mass is 10.0. The molecule has 0 spiro atoms. The van der Waals surface area contributed by atoms with E-state index < -0.39 is 0 Å². The normalized spacial score (nSPS) is 10.6. The summed E-state index contributed by atoms with van der Waals surface area (Å²) in [6.45, 7) is 4.38. The van der Waals surface area contributed by atoms with Gasteiger partial charge in [-0.2, -0.15) is 5.10 Å². The smallest absolute Gasteiger partial charge is 0.273 e. The topological polar surface area (TPSA) is 57.8 Å². The molecule has 4 nitrogen and oxygen atoms in total. The fourth-order valence-electron chi connectivity index (χ4n) is 1.78. The van der Waals surface area contributed by atoms with Gasteiger partial charge in [-0.1, -0.05) is 26.0 Å². The molecule has 1 amide bonds. The van der Waals surface area contributed by atoms with Crippen LogP contribution in [0.1, 0.15) is 29.9 Å². The Labute approximate surface area is 106 Å². The van der Waals surface area contributed by atoms with Crippen LogP contribution in [0.15, 0.2) is 36.5 Å². The van der Waals surface area contributed by atoms with E-state index in [2.05, 4.69) is 29.4 Å². The van der Waals surface area contributed by atoms with E-state index in [1.807, 2.05) is 24.3 Å². The van der Waals surface area contributed by atoms with Crippen LogP contribution in [0.3, 0.4) is 0 Å². The molecule has 0 radical (unpaired) electrons. The second kappa shape index (κ2) is 5.49. The Bertz CT molecular complexity index is 500. The quantitative estimate of drug-likeness (QED) is 0.867. The Kier molecular flexibility index (Phi) is 3.77. The average Bonchev–Trinajstić information content (AvgIpc) is 2.84. The molecule has 0 saturated heterocycles. The SMILES string of the molecule is CC(C)Cc1ccc(NC(=O)c2ccn[nH]2)cc1. The second-order valence-electron chi connectivity index (χ2n) is 4.72. The van der Waals surface area contributed by atoms with Crippen LogP contribution < -0.4 is 5.32 Å². The molecule has 2 N–H and O–H groups in total. The zero-order valence-electron chi connectivity index (χ0n) is 10.6. The van der Waals surface area contributed by atoms with E-state index in [9.17, 15) is 4.79 Å². The summed E-state index contributed by atoms with van der Waals surface area (Å²) >= 11 is 0. The van der Waals surface area contributed by atoms with Gasteiger partial charge in [0.2, 0.25) is 0 Å². The first kappa shape index (κ1) is 12.4. The van der Waals surface area contributed by atoms with Crippen molar-refractivity contribution in [1.29, 1.82) is 0 Å². The van der Waals surface area contributed by atoms with Crippen LogP contribution in [-0.2, 0) is 6.42 Å². The number of aromatic amines is 1. The summed E-state index contributed by atoms with van der Waals surface area (Å²) in [5, 5.41) is 9.19. The highest BCUT2D eigenvalue weighted by molar-refractivity contribution is 6.02. The Morgan fingerprint density at radius 1 is 1.28 bits per heavy atom. The number of rotatable bonds is 4. The summed E-state index contributed by atoms with van der Waals surface area (Å²) in [6, 6.07) is 9.57. The van der Waals surface area contributed by atoms with Gasteiger partial charge in [0.15, 0.2) is 0 Å². The van der Waals surface area contributed by atoms with Crippen molar-refractivity contribution in [2.75, 3.05) is 5.32 Å². The van der Waals surface area contributed by atoms with Crippen molar-refractivity contribution < 1.29 is 4.79 Å². The van der Waals surface area contributed by atoms with Crippen LogP contribution in [-0.4, -0.2) is 16.1 Å². The van der Waals surface area contributed by atoms with Crippen LogP contribution in [0.4, 0.5) is 5.69 Å². The van der Waals surface area contributed by atoms with Gasteiger partial charge in [-0.15, -0.1) is 0 Å². The van der Waals surface area contributed by atoms with Gasteiger partial charge in [-0.05, 0) is 36.1 Å². The van der Waals surface area contributed by atoms with Crippen molar-refractivity contribution in [3.8, 4) is 0 Å². The Morgan fingerprint density at radius 2 is 2.00 bits per heavy atom. The van der Waals surface area contributed by atoms with Gasteiger partial charge >= 0.3 is 0 Å². The lowest BCUT2D eigenvalue weighted by Gasteiger charge is -2.07. The maximum Gasteiger partial charge on any atom is 0.273 e. The highest BCUT2D eigenvalue weighted by Gasteiger charge is 2.06. The summed E-state index contributed by atoms with van der Waals surface area (Å²) in [7, 11) is 0. The second-order valence-corrected chi connectivity index (χ2v) is 4.72. The minimum atomic E-state index is -0.177. The van der Waals surface area contributed by atoms with Crippen LogP contribution in [0.5, 0.6) is 0 Å². The summed E-state index contributed by atoms with van der Waals surface area (Å²) in [4.78, 5) is 11.8. The standard InChI is InChI=1S/C14H17N3O/c1-10(2)9-11-3-5-12(6-4-11)16-14(18)13-7-8-15-17-13/h3-8,10H,9H2,1-2H3,(H,15,17)(H,16,18). The zero-order chi connectivity index (χ0) is 13.0. The number of aromatic nitrogens is 2. The number of nitrogens with zero attached hydrogens (tertiary/aromatic N) is 1. The van der Waals surface area contributed by atoms with Crippen LogP contribution in [0, 0.1) is 5.92 Å². The molecule has 18 heavy (non-hydrogen) atoms. The molecule has 0 aliphatic rings. The zero-order valence-corrected chi connectivity index (χ0v) is 10.6. The highest BCUT2D eigenvalue weighted by Crippen LogP contribution is 2.13. The van der Waals surface area contributed by atoms with Gasteiger partial charge in [0.1, 0.15) is 5.69 Å². The number of hydrogen-bond acceptors (Lipinski definition) is 2. The van der Waals surface area contributed by atoms with Crippen molar-refractivity contribution in [3.63, 3.8) is 0 Å². The van der Waals surface area contributed by atoms with E-state index in [-0.39, 0.29) is 5.91 Å². The Morgan fingerprint density at radius 3 is 2.56 bits per heavy atom. The van der Waals surface area contributed by atoms with Gasteiger partial charge in [-0.25, -0.2) is 0 Å². The number of amides is 1. The van der Waals surface area contributed by atoms with E-state index >= 15 is 0 Å². The predicted octanol–water partition coefficient (Wildman–Crippen LogP) is 2.86. The molecular formula is C14H17N3O. The molecule has 1 aromatic carbocycles. The molecule has 1 heterocycles. The Balaban J connectivity index is 2.00. The van der Waals surface area contributed by atoms with Gasteiger partial charge in [0.05, 0.1) is 0 Å². The van der Waals surface area contributed by atoms with E-state index in [4.69, 9.17) is 0 Å². The molecule has 0 atom stereocenters. The van der Waals surface area contributed by atoms with Crippen LogP contribution >= 0.6 is 0 Å². The summed E-state index contributed by atoms with van der Waals surface area (Å²) in [6.07, 6.45) is 2.61. The van der Waals surface area contributed by atoms with Gasteiger partial charge in [0.25, 0.3) is 5.91 Å². The first-order valence-corrected chi connectivity index (χ1v) is 6.05. The number of carbonyl (C=O) groups excluding carboxylic acids is 1. The molecule has 94 valence electrons. The predicted molar refractivity (Wildman–Crippen MR) is 71.5 cm³/mol.